The molecule has 0 aliphatic heterocycles. The second-order valence-electron chi connectivity index (χ2n) is 5.85. The minimum absolute atomic E-state index is 0.258. The molecule has 2 rings (SSSR count). The summed E-state index contributed by atoms with van der Waals surface area (Å²) in [7, 11) is 3.75. The summed E-state index contributed by atoms with van der Waals surface area (Å²) in [5.41, 5.74) is 4.51. The lowest BCUT2D eigenvalue weighted by molar-refractivity contribution is 0.0697. The lowest BCUT2D eigenvalue weighted by Gasteiger charge is -2.14. The van der Waals surface area contributed by atoms with Gasteiger partial charge in [-0.25, -0.2) is 4.79 Å². The minimum Gasteiger partial charge on any atom is -0.507 e. The van der Waals surface area contributed by atoms with Crippen molar-refractivity contribution in [1.29, 1.82) is 0 Å². The number of nitrogens with zero attached hydrogens (tertiary/aromatic N) is 1. The monoisotopic (exact) mass is 311 g/mol. The molecule has 0 unspecified atom stereocenters. The maximum absolute atomic E-state index is 11.3. The van der Waals surface area contributed by atoms with Crippen LogP contribution in [-0.2, 0) is 0 Å². The van der Waals surface area contributed by atoms with Crippen LogP contribution in [0.5, 0.6) is 5.75 Å². The Hall–Kier alpha value is -2.75. The van der Waals surface area contributed by atoms with Crippen LogP contribution in [0.15, 0.2) is 30.3 Å². The fourth-order valence-corrected chi connectivity index (χ4v) is 2.39. The molecule has 0 atom stereocenters. The quantitative estimate of drug-likeness (QED) is 0.840. The summed E-state index contributed by atoms with van der Waals surface area (Å²) >= 11 is 0. The van der Waals surface area contributed by atoms with Gasteiger partial charge in [-0.05, 0) is 66.4 Å². The molecule has 0 aliphatic carbocycles. The third-order valence-electron chi connectivity index (χ3n) is 3.69. The Labute approximate surface area is 136 Å². The first-order chi connectivity index (χ1) is 10.8. The summed E-state index contributed by atoms with van der Waals surface area (Å²) in [5.74, 6) is -0.635. The summed E-state index contributed by atoms with van der Waals surface area (Å²) < 4.78 is 0. The van der Waals surface area contributed by atoms with Crippen molar-refractivity contribution in [2.24, 2.45) is 0 Å². The molecule has 0 saturated heterocycles. The van der Waals surface area contributed by atoms with Crippen LogP contribution in [0.3, 0.4) is 0 Å². The van der Waals surface area contributed by atoms with Crippen LogP contribution in [0.25, 0.3) is 12.2 Å². The zero-order valence-corrected chi connectivity index (χ0v) is 13.8. The molecule has 0 amide bonds. The third kappa shape index (κ3) is 3.92. The fraction of sp³-hybridized carbons (Fsp3) is 0.211. The number of anilines is 1. The van der Waals surface area contributed by atoms with Gasteiger partial charge in [0.15, 0.2) is 0 Å². The standard InChI is InChI=1S/C19H21NO3/c1-12-7-14(8-13(2)18(12)21)5-6-15-9-16(19(22)23)11-17(10-15)20(3)4/h5-11,21H,1-4H3,(H,22,23)/b6-5+. The smallest absolute Gasteiger partial charge is 0.335 e. The molecule has 0 fully saturated rings. The van der Waals surface area contributed by atoms with Crippen molar-refractivity contribution in [2.75, 3.05) is 19.0 Å². The number of hydrogen-bond donors (Lipinski definition) is 2. The number of aryl methyl sites for hydroxylation is 2. The normalized spacial score (nSPS) is 11.0. The van der Waals surface area contributed by atoms with Gasteiger partial charge in [0.05, 0.1) is 5.56 Å². The third-order valence-corrected chi connectivity index (χ3v) is 3.69. The lowest BCUT2D eigenvalue weighted by atomic mass is 10.0. The van der Waals surface area contributed by atoms with Gasteiger partial charge in [-0.2, -0.15) is 0 Å². The molecule has 4 nitrogen and oxygen atoms in total. The molecule has 2 N–H and O–H groups in total. The maximum Gasteiger partial charge on any atom is 0.335 e. The van der Waals surface area contributed by atoms with Crippen molar-refractivity contribution >= 4 is 23.8 Å². The van der Waals surface area contributed by atoms with Crippen molar-refractivity contribution < 1.29 is 15.0 Å². The van der Waals surface area contributed by atoms with Gasteiger partial charge in [-0.15, -0.1) is 0 Å². The van der Waals surface area contributed by atoms with E-state index in [4.69, 9.17) is 0 Å². The van der Waals surface area contributed by atoms with Crippen LogP contribution in [0.2, 0.25) is 0 Å². The highest BCUT2D eigenvalue weighted by molar-refractivity contribution is 5.90. The predicted octanol–water partition coefficient (Wildman–Crippen LogP) is 3.94. The minimum atomic E-state index is -0.945. The topological polar surface area (TPSA) is 60.8 Å². The first-order valence-electron chi connectivity index (χ1n) is 7.32. The van der Waals surface area contributed by atoms with Gasteiger partial charge in [0.1, 0.15) is 5.75 Å². The molecule has 120 valence electrons. The van der Waals surface area contributed by atoms with Crippen LogP contribution in [0, 0.1) is 13.8 Å². The molecule has 23 heavy (non-hydrogen) atoms. The Morgan fingerprint density at radius 3 is 1.96 bits per heavy atom. The average Bonchev–Trinajstić information content (AvgIpc) is 2.50. The molecule has 0 radical (unpaired) electrons. The molecule has 0 aliphatic rings. The Kier molecular flexibility index (Phi) is 4.74. The van der Waals surface area contributed by atoms with Crippen molar-refractivity contribution in [3.63, 3.8) is 0 Å². The maximum atomic E-state index is 11.3. The number of rotatable bonds is 4. The van der Waals surface area contributed by atoms with E-state index < -0.39 is 5.97 Å². The van der Waals surface area contributed by atoms with Gasteiger partial charge in [-0.3, -0.25) is 0 Å². The number of phenols is 1. The van der Waals surface area contributed by atoms with Gasteiger partial charge in [0.25, 0.3) is 0 Å². The van der Waals surface area contributed by atoms with Crippen LogP contribution in [0.4, 0.5) is 5.69 Å². The number of carboxylic acid groups (broad SMARTS) is 1. The lowest BCUT2D eigenvalue weighted by Crippen LogP contribution is -2.10. The summed E-state index contributed by atoms with van der Waals surface area (Å²) in [4.78, 5) is 13.1. The van der Waals surface area contributed by atoms with Crippen LogP contribution in [0.1, 0.15) is 32.6 Å². The number of carboxylic acids is 1. The highest BCUT2D eigenvalue weighted by Crippen LogP contribution is 2.25. The molecule has 4 heteroatoms. The summed E-state index contributed by atoms with van der Waals surface area (Å²) in [5, 5.41) is 19.0. The number of aromatic carboxylic acids is 1. The van der Waals surface area contributed by atoms with Crippen molar-refractivity contribution in [3.05, 3.63) is 58.1 Å². The zero-order valence-electron chi connectivity index (χ0n) is 13.8. The van der Waals surface area contributed by atoms with E-state index in [1.54, 1.807) is 12.1 Å². The molecule has 0 bridgehead atoms. The molecular weight excluding hydrogens is 290 g/mol. The number of benzene rings is 2. The first-order valence-corrected chi connectivity index (χ1v) is 7.32. The van der Waals surface area contributed by atoms with E-state index in [1.165, 1.54) is 0 Å². The van der Waals surface area contributed by atoms with E-state index in [2.05, 4.69) is 0 Å². The largest absolute Gasteiger partial charge is 0.507 e. The molecule has 0 spiro atoms. The molecule has 0 saturated carbocycles. The molecule has 2 aromatic carbocycles. The van der Waals surface area contributed by atoms with E-state index in [-0.39, 0.29) is 5.56 Å². The van der Waals surface area contributed by atoms with E-state index in [9.17, 15) is 15.0 Å². The average molecular weight is 311 g/mol. The van der Waals surface area contributed by atoms with Gasteiger partial charge >= 0.3 is 5.97 Å². The molecule has 0 aromatic heterocycles. The van der Waals surface area contributed by atoms with Gasteiger partial charge < -0.3 is 15.1 Å². The van der Waals surface area contributed by atoms with Crippen LogP contribution in [-0.4, -0.2) is 30.3 Å². The SMILES string of the molecule is Cc1cc(/C=C/c2cc(C(=O)O)cc(N(C)C)c2)cc(C)c1O. The number of aromatic hydroxyl groups is 1. The highest BCUT2D eigenvalue weighted by atomic mass is 16.4. The van der Waals surface area contributed by atoms with Crippen LogP contribution >= 0.6 is 0 Å². The molecule has 0 heterocycles. The predicted molar refractivity (Wildman–Crippen MR) is 94.2 cm³/mol. The van der Waals surface area contributed by atoms with Crippen molar-refractivity contribution in [3.8, 4) is 5.75 Å². The molecule has 2 aromatic rings. The van der Waals surface area contributed by atoms with E-state index in [1.807, 2.05) is 63.2 Å². The van der Waals surface area contributed by atoms with Gasteiger partial charge in [-0.1, -0.05) is 12.2 Å². The van der Waals surface area contributed by atoms with Crippen molar-refractivity contribution in [2.45, 2.75) is 13.8 Å². The van der Waals surface area contributed by atoms with Gasteiger partial charge in [0.2, 0.25) is 0 Å². The molecular formula is C19H21NO3. The number of phenolic OH excluding ortho intramolecular Hbond substituents is 1. The van der Waals surface area contributed by atoms with E-state index in [0.717, 1.165) is 27.9 Å². The Balaban J connectivity index is 2.41. The highest BCUT2D eigenvalue weighted by Gasteiger charge is 2.07. The second-order valence-corrected chi connectivity index (χ2v) is 5.85. The number of carbonyl (C=O) groups is 1. The first kappa shape index (κ1) is 16.6. The Morgan fingerprint density at radius 2 is 1.48 bits per heavy atom. The van der Waals surface area contributed by atoms with E-state index in [0.29, 0.717) is 5.75 Å². The van der Waals surface area contributed by atoms with Crippen LogP contribution < -0.4 is 4.90 Å². The summed E-state index contributed by atoms with van der Waals surface area (Å²) in [6.45, 7) is 3.71. The fourth-order valence-electron chi connectivity index (χ4n) is 2.39. The van der Waals surface area contributed by atoms with Gasteiger partial charge in [0, 0.05) is 19.8 Å². The zero-order chi connectivity index (χ0) is 17.1. The van der Waals surface area contributed by atoms with E-state index >= 15 is 0 Å². The number of hydrogen-bond acceptors (Lipinski definition) is 3. The second kappa shape index (κ2) is 6.57. The van der Waals surface area contributed by atoms with Crippen molar-refractivity contribution in [1.82, 2.24) is 0 Å². The Morgan fingerprint density at radius 1 is 0.957 bits per heavy atom. The summed E-state index contributed by atoms with van der Waals surface area (Å²) in [6.07, 6.45) is 3.80. The Bertz CT molecular complexity index is 753. The summed E-state index contributed by atoms with van der Waals surface area (Å²) in [6, 6.07) is 9.02.